The van der Waals surface area contributed by atoms with Crippen molar-refractivity contribution in [1.29, 1.82) is 0 Å². The predicted octanol–water partition coefficient (Wildman–Crippen LogP) is 5.37. The van der Waals surface area contributed by atoms with E-state index < -0.39 is 28.9 Å². The smallest absolute Gasteiger partial charge is 0.303 e. The van der Waals surface area contributed by atoms with Gasteiger partial charge in [-0.05, 0) is 57.0 Å². The van der Waals surface area contributed by atoms with E-state index in [1.165, 1.54) is 21.1 Å². The minimum Gasteiger partial charge on any atom is -0.496 e. The van der Waals surface area contributed by atoms with Crippen LogP contribution in [0.15, 0.2) is 30.3 Å². The van der Waals surface area contributed by atoms with E-state index >= 15 is 4.39 Å². The molecule has 0 spiro atoms. The fourth-order valence-corrected chi connectivity index (χ4v) is 4.60. The standard InChI is InChI=1S/C26H29FO6/c1-15(28)32-24(17-7-9-19-16(22(17)30-5)11-12-25(2,3)33-19)26(13-14-26)18-8-10-20(29-4)23(31-6)21(18)27/h7-12,24H,13-14H2,1-6H3. The highest BCUT2D eigenvalue weighted by molar-refractivity contribution is 5.71. The van der Waals surface area contributed by atoms with E-state index in [2.05, 4.69) is 0 Å². The average Bonchev–Trinajstić information content (AvgIpc) is 3.57. The van der Waals surface area contributed by atoms with Crippen LogP contribution in [0.1, 0.15) is 56.4 Å². The minimum atomic E-state index is -0.758. The SMILES string of the molecule is COc1ccc(C2(C(OC(C)=O)c3ccc4c(c3OC)C=CC(C)(C)O4)CC2)c(F)c1OC. The molecule has 33 heavy (non-hydrogen) atoms. The molecule has 2 aliphatic rings. The second kappa shape index (κ2) is 8.28. The highest BCUT2D eigenvalue weighted by Crippen LogP contribution is 2.61. The topological polar surface area (TPSA) is 63.2 Å². The van der Waals surface area contributed by atoms with Gasteiger partial charge in [-0.15, -0.1) is 0 Å². The molecule has 0 aromatic heterocycles. The monoisotopic (exact) mass is 456 g/mol. The van der Waals surface area contributed by atoms with Crippen molar-refractivity contribution in [2.75, 3.05) is 21.3 Å². The molecule has 1 atom stereocenters. The zero-order chi connectivity index (χ0) is 24.0. The van der Waals surface area contributed by atoms with Crippen molar-refractivity contribution in [2.45, 2.75) is 50.7 Å². The van der Waals surface area contributed by atoms with E-state index in [0.29, 0.717) is 41.2 Å². The number of halogens is 1. The van der Waals surface area contributed by atoms with Crippen molar-refractivity contribution in [3.8, 4) is 23.0 Å². The van der Waals surface area contributed by atoms with E-state index in [0.717, 1.165) is 5.56 Å². The van der Waals surface area contributed by atoms with Crippen LogP contribution in [0.5, 0.6) is 23.0 Å². The molecule has 1 saturated carbocycles. The van der Waals surface area contributed by atoms with Crippen molar-refractivity contribution in [1.82, 2.24) is 0 Å². The molecule has 0 amide bonds. The molecule has 1 unspecified atom stereocenters. The largest absolute Gasteiger partial charge is 0.496 e. The highest BCUT2D eigenvalue weighted by Gasteiger charge is 2.56. The summed E-state index contributed by atoms with van der Waals surface area (Å²) in [7, 11) is 4.42. The molecule has 2 aromatic rings. The fraction of sp³-hybridized carbons (Fsp3) is 0.423. The molecular weight excluding hydrogens is 427 g/mol. The summed E-state index contributed by atoms with van der Waals surface area (Å²) in [4.78, 5) is 12.2. The van der Waals surface area contributed by atoms with E-state index in [-0.39, 0.29) is 5.75 Å². The number of esters is 1. The van der Waals surface area contributed by atoms with Gasteiger partial charge in [-0.25, -0.2) is 4.39 Å². The van der Waals surface area contributed by atoms with Crippen molar-refractivity contribution in [2.24, 2.45) is 0 Å². The lowest BCUT2D eigenvalue weighted by Crippen LogP contribution is -2.28. The van der Waals surface area contributed by atoms with Crippen LogP contribution in [-0.2, 0) is 14.9 Å². The Morgan fingerprint density at radius 1 is 1.03 bits per heavy atom. The maximum absolute atomic E-state index is 15.6. The molecule has 0 bridgehead atoms. The Bertz CT molecular complexity index is 1120. The van der Waals surface area contributed by atoms with Gasteiger partial charge in [0, 0.05) is 23.5 Å². The van der Waals surface area contributed by atoms with Gasteiger partial charge in [0.05, 0.1) is 26.9 Å². The highest BCUT2D eigenvalue weighted by atomic mass is 19.1. The zero-order valence-corrected chi connectivity index (χ0v) is 19.8. The summed E-state index contributed by atoms with van der Waals surface area (Å²) >= 11 is 0. The van der Waals surface area contributed by atoms with E-state index in [9.17, 15) is 4.79 Å². The van der Waals surface area contributed by atoms with Gasteiger partial charge in [0.2, 0.25) is 0 Å². The number of ether oxygens (including phenoxy) is 5. The Kier molecular flexibility index (Phi) is 5.76. The Labute approximate surface area is 193 Å². The minimum absolute atomic E-state index is 0.0267. The van der Waals surface area contributed by atoms with Crippen LogP contribution in [0.2, 0.25) is 0 Å². The third-order valence-electron chi connectivity index (χ3n) is 6.29. The van der Waals surface area contributed by atoms with Gasteiger partial charge in [0.25, 0.3) is 0 Å². The summed E-state index contributed by atoms with van der Waals surface area (Å²) in [5.74, 6) is 0.561. The number of methoxy groups -OCH3 is 3. The van der Waals surface area contributed by atoms with Gasteiger partial charge in [-0.3, -0.25) is 4.79 Å². The number of hydrogen-bond acceptors (Lipinski definition) is 6. The Balaban J connectivity index is 1.87. The normalized spacial score (nSPS) is 17.9. The summed E-state index contributed by atoms with van der Waals surface area (Å²) in [6.07, 6.45) is 4.41. The zero-order valence-electron chi connectivity index (χ0n) is 19.8. The van der Waals surface area contributed by atoms with Crippen LogP contribution < -0.4 is 18.9 Å². The molecule has 1 aliphatic heterocycles. The molecule has 0 radical (unpaired) electrons. The Hall–Kier alpha value is -3.22. The molecule has 1 fully saturated rings. The molecule has 176 valence electrons. The van der Waals surface area contributed by atoms with Gasteiger partial charge >= 0.3 is 5.97 Å². The van der Waals surface area contributed by atoms with Gasteiger partial charge in [0.15, 0.2) is 17.3 Å². The maximum Gasteiger partial charge on any atom is 0.303 e. The quantitative estimate of drug-likeness (QED) is 0.522. The summed E-state index contributed by atoms with van der Waals surface area (Å²) < 4.78 is 43.8. The first-order valence-electron chi connectivity index (χ1n) is 10.8. The number of rotatable bonds is 7. The van der Waals surface area contributed by atoms with Crippen LogP contribution in [0, 0.1) is 5.82 Å². The number of hydrogen-bond donors (Lipinski definition) is 0. The summed E-state index contributed by atoms with van der Waals surface area (Å²) in [6, 6.07) is 7.02. The Morgan fingerprint density at radius 2 is 1.73 bits per heavy atom. The molecule has 2 aromatic carbocycles. The summed E-state index contributed by atoms with van der Waals surface area (Å²) in [6.45, 7) is 5.28. The lowest BCUT2D eigenvalue weighted by molar-refractivity contribution is -0.148. The van der Waals surface area contributed by atoms with Crippen LogP contribution in [0.4, 0.5) is 4.39 Å². The second-order valence-corrected chi connectivity index (χ2v) is 8.95. The number of fused-ring (bicyclic) bond motifs is 1. The molecule has 0 saturated heterocycles. The van der Waals surface area contributed by atoms with Crippen molar-refractivity contribution in [3.63, 3.8) is 0 Å². The average molecular weight is 457 g/mol. The lowest BCUT2D eigenvalue weighted by atomic mass is 9.83. The van der Waals surface area contributed by atoms with E-state index in [4.69, 9.17) is 23.7 Å². The van der Waals surface area contributed by atoms with Gasteiger partial charge in [-0.1, -0.05) is 6.07 Å². The maximum atomic E-state index is 15.6. The number of benzene rings is 2. The molecule has 1 aliphatic carbocycles. The van der Waals surface area contributed by atoms with E-state index in [1.54, 1.807) is 19.2 Å². The fourth-order valence-electron chi connectivity index (χ4n) is 4.60. The van der Waals surface area contributed by atoms with Crippen molar-refractivity contribution < 1.29 is 32.9 Å². The predicted molar refractivity (Wildman–Crippen MR) is 122 cm³/mol. The Morgan fingerprint density at radius 3 is 2.30 bits per heavy atom. The number of carbonyl (C=O) groups is 1. The summed E-state index contributed by atoms with van der Waals surface area (Å²) in [5.41, 5.74) is 0.630. The van der Waals surface area contributed by atoms with Gasteiger partial charge in [-0.2, -0.15) is 0 Å². The van der Waals surface area contributed by atoms with Crippen LogP contribution >= 0.6 is 0 Å². The van der Waals surface area contributed by atoms with Gasteiger partial charge in [0.1, 0.15) is 23.2 Å². The first kappa shape index (κ1) is 23.0. The number of carbonyl (C=O) groups excluding carboxylic acids is 1. The van der Waals surface area contributed by atoms with Crippen molar-refractivity contribution in [3.05, 3.63) is 52.8 Å². The van der Waals surface area contributed by atoms with Crippen molar-refractivity contribution >= 4 is 12.0 Å². The van der Waals surface area contributed by atoms with Crippen LogP contribution in [-0.4, -0.2) is 32.9 Å². The van der Waals surface area contributed by atoms with Crippen LogP contribution in [0.3, 0.4) is 0 Å². The first-order valence-corrected chi connectivity index (χ1v) is 10.8. The third-order valence-corrected chi connectivity index (χ3v) is 6.29. The molecule has 0 N–H and O–H groups in total. The molecule has 1 heterocycles. The molecule has 7 heteroatoms. The second-order valence-electron chi connectivity index (χ2n) is 8.95. The van der Waals surface area contributed by atoms with Gasteiger partial charge < -0.3 is 23.7 Å². The molecular formula is C26H29FO6. The summed E-state index contributed by atoms with van der Waals surface area (Å²) in [5, 5.41) is 0. The third kappa shape index (κ3) is 3.90. The molecule has 6 nitrogen and oxygen atoms in total. The van der Waals surface area contributed by atoms with Crippen LogP contribution in [0.25, 0.3) is 6.08 Å². The molecule has 4 rings (SSSR count). The van der Waals surface area contributed by atoms with E-state index in [1.807, 2.05) is 38.1 Å². The lowest BCUT2D eigenvalue weighted by Gasteiger charge is -2.32. The first-order chi connectivity index (χ1) is 15.7.